The van der Waals surface area contributed by atoms with Crippen LogP contribution in [0.5, 0.6) is 0 Å². The Morgan fingerprint density at radius 2 is 1.72 bits per heavy atom. The van der Waals surface area contributed by atoms with Crippen LogP contribution in [0.15, 0.2) is 11.6 Å². The zero-order valence-electron chi connectivity index (χ0n) is 12.5. The minimum absolute atomic E-state index is 0.0393. The predicted molar refractivity (Wildman–Crippen MR) is 73.3 cm³/mol. The largest absolute Gasteiger partial charge is 0.544 e. The molecule has 0 fully saturated rings. The number of rotatable bonds is 5. The van der Waals surface area contributed by atoms with Crippen molar-refractivity contribution < 1.29 is 18.3 Å². The monoisotopic (exact) mass is 276 g/mol. The molecular weight excluding hydrogens is 251 g/mol. The van der Waals surface area contributed by atoms with Crippen LogP contribution in [-0.4, -0.2) is 20.9 Å². The Labute approximate surface area is 110 Å². The summed E-state index contributed by atoms with van der Waals surface area (Å²) in [6, 6.07) is 0. The van der Waals surface area contributed by atoms with Gasteiger partial charge in [-0.25, -0.2) is 4.79 Å². The summed E-state index contributed by atoms with van der Waals surface area (Å²) in [5.41, 5.74) is 0. The normalized spacial score (nSPS) is 14.0. The maximum atomic E-state index is 13.9. The van der Waals surface area contributed by atoms with Gasteiger partial charge in [0.25, 0.3) is 0 Å². The fourth-order valence-electron chi connectivity index (χ4n) is 1.04. The number of ether oxygens (including phenoxy) is 1. The first kappa shape index (κ1) is 17.2. The van der Waals surface area contributed by atoms with E-state index < -0.39 is 20.1 Å². The van der Waals surface area contributed by atoms with Gasteiger partial charge in [0.1, 0.15) is 5.76 Å². The lowest BCUT2D eigenvalue weighted by atomic mass is 10.2. The summed E-state index contributed by atoms with van der Waals surface area (Å²) in [6.07, 6.45) is 0.344. The first-order valence-electron chi connectivity index (χ1n) is 6.31. The Morgan fingerprint density at radius 1 is 1.22 bits per heavy atom. The molecule has 0 heterocycles. The highest BCUT2D eigenvalue weighted by molar-refractivity contribution is 6.74. The van der Waals surface area contributed by atoms with Gasteiger partial charge in [0.05, 0.1) is 6.61 Å². The molecule has 5 heteroatoms. The Hall–Kier alpha value is -0.843. The summed E-state index contributed by atoms with van der Waals surface area (Å²) >= 11 is 0. The van der Waals surface area contributed by atoms with Crippen LogP contribution in [-0.2, 0) is 14.0 Å². The molecule has 0 rings (SSSR count). The highest BCUT2D eigenvalue weighted by Gasteiger charge is 2.40. The average molecular weight is 276 g/mol. The molecule has 0 spiro atoms. The smallest absolute Gasteiger partial charge is 0.370 e. The fourth-order valence-corrected chi connectivity index (χ4v) is 2.20. The molecule has 3 nitrogen and oxygen atoms in total. The quantitative estimate of drug-likeness (QED) is 0.327. The molecule has 0 aromatic carbocycles. The van der Waals surface area contributed by atoms with E-state index >= 15 is 0 Å². The number of hydrogen-bond acceptors (Lipinski definition) is 3. The Morgan fingerprint density at radius 3 is 2.06 bits per heavy atom. The molecule has 0 aromatic heterocycles. The van der Waals surface area contributed by atoms with Gasteiger partial charge in [-0.05, 0) is 25.1 Å². The minimum Gasteiger partial charge on any atom is -0.544 e. The van der Waals surface area contributed by atoms with Crippen LogP contribution in [0.3, 0.4) is 0 Å². The van der Waals surface area contributed by atoms with Gasteiger partial charge in [-0.3, -0.25) is 0 Å². The van der Waals surface area contributed by atoms with Crippen molar-refractivity contribution in [1.29, 1.82) is 0 Å². The van der Waals surface area contributed by atoms with Crippen molar-refractivity contribution in [3.05, 3.63) is 11.6 Å². The minimum atomic E-state index is -2.13. The molecule has 0 aliphatic heterocycles. The third-order valence-corrected chi connectivity index (χ3v) is 7.57. The summed E-state index contributed by atoms with van der Waals surface area (Å²) < 4.78 is 24.3. The molecule has 0 saturated heterocycles. The van der Waals surface area contributed by atoms with E-state index in [-0.39, 0.29) is 17.4 Å². The van der Waals surface area contributed by atoms with Gasteiger partial charge >= 0.3 is 5.97 Å². The number of carbonyl (C=O) groups is 1. The van der Waals surface area contributed by atoms with Crippen molar-refractivity contribution in [2.24, 2.45) is 0 Å². The average Bonchev–Trinajstić information content (AvgIpc) is 2.23. The van der Waals surface area contributed by atoms with Gasteiger partial charge in [-0.2, -0.15) is 4.39 Å². The van der Waals surface area contributed by atoms with E-state index in [0.717, 1.165) is 0 Å². The maximum absolute atomic E-state index is 13.9. The number of esters is 1. The van der Waals surface area contributed by atoms with Crippen LogP contribution in [0.25, 0.3) is 0 Å². The topological polar surface area (TPSA) is 35.5 Å². The molecule has 106 valence electrons. The van der Waals surface area contributed by atoms with Crippen LogP contribution >= 0.6 is 0 Å². The van der Waals surface area contributed by atoms with E-state index in [1.807, 2.05) is 13.1 Å². The van der Waals surface area contributed by atoms with Crippen molar-refractivity contribution >= 4 is 14.3 Å². The number of carbonyl (C=O) groups excluding carboxylic acids is 1. The molecule has 0 unspecified atom stereocenters. The van der Waals surface area contributed by atoms with Crippen molar-refractivity contribution in [2.45, 2.75) is 59.2 Å². The number of hydrogen-bond donors (Lipinski definition) is 0. The Kier molecular flexibility index (Phi) is 6.06. The predicted octanol–water partition coefficient (Wildman–Crippen LogP) is 4.16. The molecule has 0 saturated carbocycles. The summed E-state index contributed by atoms with van der Waals surface area (Å²) in [5.74, 6) is -1.72. The molecular formula is C13H25FO3Si. The summed E-state index contributed by atoms with van der Waals surface area (Å²) in [5, 5.41) is -0.0393. The van der Waals surface area contributed by atoms with Crippen LogP contribution in [0, 0.1) is 0 Å². The van der Waals surface area contributed by atoms with Crippen molar-refractivity contribution in [3.63, 3.8) is 0 Å². The number of halogens is 1. The molecule has 0 bridgehead atoms. The highest BCUT2D eigenvalue weighted by atomic mass is 28.4. The van der Waals surface area contributed by atoms with Gasteiger partial charge in [-0.1, -0.05) is 27.7 Å². The fraction of sp³-hybridized carbons (Fsp3) is 0.769. The zero-order valence-corrected chi connectivity index (χ0v) is 13.5. The second kappa shape index (κ2) is 6.36. The summed E-state index contributed by atoms with van der Waals surface area (Å²) in [4.78, 5) is 11.4. The van der Waals surface area contributed by atoms with E-state index in [4.69, 9.17) is 4.43 Å². The molecule has 0 aliphatic rings. The molecule has 18 heavy (non-hydrogen) atoms. The lowest BCUT2D eigenvalue weighted by molar-refractivity contribution is -0.140. The van der Waals surface area contributed by atoms with Crippen molar-refractivity contribution in [2.75, 3.05) is 6.61 Å². The lowest BCUT2D eigenvalue weighted by Crippen LogP contribution is -2.40. The third-order valence-electron chi connectivity index (χ3n) is 3.21. The first-order valence-corrected chi connectivity index (χ1v) is 9.22. The van der Waals surface area contributed by atoms with Gasteiger partial charge in [-0.15, -0.1) is 0 Å². The first-order chi connectivity index (χ1) is 8.06. The standard InChI is InChI=1S/C13H25FO3Si/c1-8-10(11(14)12(15)16-9-2)17-18(6,7)13(3,4)5/h8-9H2,1-7H3/b11-10+. The van der Waals surface area contributed by atoms with E-state index in [2.05, 4.69) is 25.5 Å². The van der Waals surface area contributed by atoms with Crippen LogP contribution < -0.4 is 0 Å². The molecule has 0 aromatic rings. The molecule has 0 atom stereocenters. The van der Waals surface area contributed by atoms with Crippen LogP contribution in [0.2, 0.25) is 18.1 Å². The van der Waals surface area contributed by atoms with Crippen LogP contribution in [0.4, 0.5) is 4.39 Å². The SMILES string of the molecule is CCOC(=O)/C(F)=C(/CC)O[Si](C)(C)C(C)(C)C. The molecule has 0 radical (unpaired) electrons. The Bertz CT molecular complexity index is 330. The Balaban J connectivity index is 5.12. The van der Waals surface area contributed by atoms with Gasteiger partial charge in [0, 0.05) is 6.42 Å². The van der Waals surface area contributed by atoms with E-state index in [1.54, 1.807) is 13.8 Å². The second-order valence-electron chi connectivity index (χ2n) is 5.67. The van der Waals surface area contributed by atoms with E-state index in [0.29, 0.717) is 6.42 Å². The van der Waals surface area contributed by atoms with Gasteiger partial charge in [0.15, 0.2) is 0 Å². The second-order valence-corrected chi connectivity index (χ2v) is 10.4. The van der Waals surface area contributed by atoms with Crippen molar-refractivity contribution in [3.8, 4) is 0 Å². The van der Waals surface area contributed by atoms with Gasteiger partial charge in [0.2, 0.25) is 14.1 Å². The van der Waals surface area contributed by atoms with E-state index in [9.17, 15) is 9.18 Å². The van der Waals surface area contributed by atoms with E-state index in [1.165, 1.54) is 0 Å². The summed E-state index contributed by atoms with van der Waals surface area (Å²) in [7, 11) is -2.13. The van der Waals surface area contributed by atoms with Crippen molar-refractivity contribution in [1.82, 2.24) is 0 Å². The third kappa shape index (κ3) is 4.44. The summed E-state index contributed by atoms with van der Waals surface area (Å²) in [6.45, 7) is 13.8. The molecule has 0 aliphatic carbocycles. The lowest BCUT2D eigenvalue weighted by Gasteiger charge is -2.37. The van der Waals surface area contributed by atoms with Gasteiger partial charge < -0.3 is 9.16 Å². The molecule has 0 N–H and O–H groups in total. The van der Waals surface area contributed by atoms with Crippen LogP contribution in [0.1, 0.15) is 41.0 Å². The molecule has 0 amide bonds. The highest BCUT2D eigenvalue weighted by Crippen LogP contribution is 2.38. The number of allylic oxidation sites excluding steroid dienone is 1. The zero-order chi connectivity index (χ0) is 14.6. The maximum Gasteiger partial charge on any atom is 0.370 e.